The van der Waals surface area contributed by atoms with Crippen molar-refractivity contribution in [1.29, 1.82) is 0 Å². The molecule has 0 spiro atoms. The van der Waals surface area contributed by atoms with Gasteiger partial charge in [-0.3, -0.25) is 0 Å². The summed E-state index contributed by atoms with van der Waals surface area (Å²) < 4.78 is 11.4. The van der Waals surface area contributed by atoms with E-state index in [1.807, 2.05) is 6.07 Å². The van der Waals surface area contributed by atoms with Crippen molar-refractivity contribution in [3.63, 3.8) is 0 Å². The van der Waals surface area contributed by atoms with Crippen molar-refractivity contribution in [1.82, 2.24) is 5.32 Å². The van der Waals surface area contributed by atoms with Crippen molar-refractivity contribution in [2.24, 2.45) is 5.92 Å². The van der Waals surface area contributed by atoms with Gasteiger partial charge < -0.3 is 19.7 Å². The van der Waals surface area contributed by atoms with Crippen LogP contribution in [0.3, 0.4) is 0 Å². The number of ether oxygens (including phenoxy) is 2. The van der Waals surface area contributed by atoms with Crippen LogP contribution in [0.5, 0.6) is 11.5 Å². The van der Waals surface area contributed by atoms with Crippen molar-refractivity contribution >= 4 is 18.1 Å². The molecule has 0 amide bonds. The molecule has 26 heavy (non-hydrogen) atoms. The van der Waals surface area contributed by atoms with Crippen LogP contribution in [0.4, 0.5) is 5.69 Å². The number of piperazine rings is 1. The van der Waals surface area contributed by atoms with Crippen LogP contribution in [0.2, 0.25) is 0 Å². The first-order chi connectivity index (χ1) is 12.3. The molecule has 2 aliphatic heterocycles. The molecule has 2 aliphatic rings. The second-order valence-electron chi connectivity index (χ2n) is 6.94. The Labute approximate surface area is 161 Å². The smallest absolute Gasteiger partial charge is 0.164 e. The molecule has 140 valence electrons. The minimum Gasteiger partial charge on any atom is -0.493 e. The van der Waals surface area contributed by atoms with Gasteiger partial charge in [0.2, 0.25) is 0 Å². The number of fused-ring (bicyclic) bond motifs is 1. The van der Waals surface area contributed by atoms with Crippen LogP contribution in [-0.4, -0.2) is 39.9 Å². The summed E-state index contributed by atoms with van der Waals surface area (Å²) in [7, 11) is 1.70. The third-order valence-electron chi connectivity index (χ3n) is 5.17. The van der Waals surface area contributed by atoms with E-state index in [1.54, 1.807) is 7.11 Å². The summed E-state index contributed by atoms with van der Waals surface area (Å²) in [5.41, 5.74) is 4.00. The molecule has 4 rings (SSSR count). The predicted molar refractivity (Wildman–Crippen MR) is 108 cm³/mol. The molecule has 0 aromatic heterocycles. The number of benzene rings is 2. The van der Waals surface area contributed by atoms with Gasteiger partial charge >= 0.3 is 0 Å². The van der Waals surface area contributed by atoms with Gasteiger partial charge in [0.15, 0.2) is 11.5 Å². The fraction of sp³-hybridized carbons (Fsp3) is 0.429. The Kier molecular flexibility index (Phi) is 6.28. The van der Waals surface area contributed by atoms with Gasteiger partial charge in [-0.15, -0.1) is 12.4 Å². The van der Waals surface area contributed by atoms with E-state index >= 15 is 0 Å². The Bertz CT molecular complexity index is 732. The van der Waals surface area contributed by atoms with E-state index < -0.39 is 0 Å². The zero-order chi connectivity index (χ0) is 17.1. The molecular weight excluding hydrogens is 348 g/mol. The Balaban J connectivity index is 0.00000196. The fourth-order valence-electron chi connectivity index (χ4n) is 3.89. The molecule has 1 atom stereocenters. The average molecular weight is 375 g/mol. The highest BCUT2D eigenvalue weighted by Crippen LogP contribution is 2.36. The van der Waals surface area contributed by atoms with Crippen molar-refractivity contribution in [2.75, 3.05) is 44.8 Å². The summed E-state index contributed by atoms with van der Waals surface area (Å²) >= 11 is 0. The number of nitrogens with one attached hydrogen (secondary N) is 1. The number of hydrogen-bond donors (Lipinski definition) is 1. The van der Waals surface area contributed by atoms with Gasteiger partial charge in [-0.2, -0.15) is 0 Å². The lowest BCUT2D eigenvalue weighted by Crippen LogP contribution is -2.43. The summed E-state index contributed by atoms with van der Waals surface area (Å²) in [4.78, 5) is 2.47. The summed E-state index contributed by atoms with van der Waals surface area (Å²) in [6.45, 7) is 5.07. The first kappa shape index (κ1) is 18.9. The highest BCUT2D eigenvalue weighted by molar-refractivity contribution is 5.85. The quantitative estimate of drug-likeness (QED) is 0.890. The fourth-order valence-corrected chi connectivity index (χ4v) is 3.89. The van der Waals surface area contributed by atoms with Crippen LogP contribution in [0.1, 0.15) is 11.1 Å². The third-order valence-corrected chi connectivity index (χ3v) is 5.17. The Morgan fingerprint density at radius 1 is 1.15 bits per heavy atom. The molecule has 2 heterocycles. The molecule has 0 saturated carbocycles. The van der Waals surface area contributed by atoms with Gasteiger partial charge in [0.05, 0.1) is 13.7 Å². The van der Waals surface area contributed by atoms with Crippen LogP contribution < -0.4 is 19.7 Å². The third kappa shape index (κ3) is 4.08. The standard InChI is InChI=1S/C21H26N2O2.ClH/c1-24-20-7-3-5-18-13-17(15-25-21(18)20)12-16-4-2-6-19(14-16)23-10-8-22-9-11-23;/h2-7,14,17,22H,8-13,15H2,1H3;1H. The van der Waals surface area contributed by atoms with E-state index in [-0.39, 0.29) is 12.4 Å². The minimum atomic E-state index is 0. The van der Waals surface area contributed by atoms with Gasteiger partial charge in [-0.25, -0.2) is 0 Å². The number of anilines is 1. The summed E-state index contributed by atoms with van der Waals surface area (Å²) in [5, 5.41) is 3.42. The Morgan fingerprint density at radius 2 is 1.96 bits per heavy atom. The molecule has 0 radical (unpaired) electrons. The van der Waals surface area contributed by atoms with Crippen molar-refractivity contribution in [3.8, 4) is 11.5 Å². The van der Waals surface area contributed by atoms with Crippen molar-refractivity contribution < 1.29 is 9.47 Å². The van der Waals surface area contributed by atoms with Crippen molar-refractivity contribution in [3.05, 3.63) is 53.6 Å². The molecule has 2 aromatic carbocycles. The van der Waals surface area contributed by atoms with E-state index in [1.165, 1.54) is 16.8 Å². The van der Waals surface area contributed by atoms with Gasteiger partial charge in [0.1, 0.15) is 0 Å². The second-order valence-corrected chi connectivity index (χ2v) is 6.94. The van der Waals surface area contributed by atoms with Crippen LogP contribution in [-0.2, 0) is 12.8 Å². The first-order valence-electron chi connectivity index (χ1n) is 9.17. The molecule has 1 unspecified atom stereocenters. The number of halogens is 1. The van der Waals surface area contributed by atoms with Gasteiger partial charge in [-0.05, 0) is 42.2 Å². The number of para-hydroxylation sites is 1. The normalized spacial score (nSPS) is 19.1. The van der Waals surface area contributed by atoms with E-state index in [2.05, 4.69) is 46.6 Å². The largest absolute Gasteiger partial charge is 0.493 e. The first-order valence-corrected chi connectivity index (χ1v) is 9.17. The summed E-state index contributed by atoms with van der Waals surface area (Å²) in [6, 6.07) is 15.2. The maximum Gasteiger partial charge on any atom is 0.164 e. The number of nitrogens with zero attached hydrogens (tertiary/aromatic N) is 1. The molecule has 0 aliphatic carbocycles. The Morgan fingerprint density at radius 3 is 2.77 bits per heavy atom. The number of rotatable bonds is 4. The van der Waals surface area contributed by atoms with Crippen LogP contribution in [0.25, 0.3) is 0 Å². The molecule has 1 saturated heterocycles. The lowest BCUT2D eigenvalue weighted by molar-refractivity contribution is 0.211. The monoisotopic (exact) mass is 374 g/mol. The van der Waals surface area contributed by atoms with Crippen LogP contribution in [0, 0.1) is 5.92 Å². The molecule has 0 bridgehead atoms. The van der Waals surface area contributed by atoms with Gasteiger partial charge in [0.25, 0.3) is 0 Å². The lowest BCUT2D eigenvalue weighted by Gasteiger charge is -2.30. The maximum absolute atomic E-state index is 6.03. The lowest BCUT2D eigenvalue weighted by atomic mass is 9.90. The van der Waals surface area contributed by atoms with Crippen molar-refractivity contribution in [2.45, 2.75) is 12.8 Å². The van der Waals surface area contributed by atoms with E-state index in [9.17, 15) is 0 Å². The van der Waals surface area contributed by atoms with Crippen LogP contribution in [0.15, 0.2) is 42.5 Å². The molecule has 5 heteroatoms. The summed E-state index contributed by atoms with van der Waals surface area (Å²) in [6.07, 6.45) is 2.10. The van der Waals surface area contributed by atoms with Gasteiger partial charge in [0, 0.05) is 37.8 Å². The predicted octanol–water partition coefficient (Wildman–Crippen LogP) is 3.32. The topological polar surface area (TPSA) is 33.7 Å². The highest BCUT2D eigenvalue weighted by Gasteiger charge is 2.23. The molecular formula is C21H27ClN2O2. The Hall–Kier alpha value is -1.91. The number of hydrogen-bond acceptors (Lipinski definition) is 4. The minimum absolute atomic E-state index is 0. The molecule has 4 nitrogen and oxygen atoms in total. The SMILES string of the molecule is COc1cccc2c1OCC(Cc1cccc(N3CCNCC3)c1)C2.Cl. The van der Waals surface area contributed by atoms with E-state index in [4.69, 9.17) is 9.47 Å². The second kappa shape index (κ2) is 8.65. The highest BCUT2D eigenvalue weighted by atomic mass is 35.5. The average Bonchev–Trinajstić information content (AvgIpc) is 2.68. The maximum atomic E-state index is 6.03. The van der Waals surface area contributed by atoms with E-state index in [0.717, 1.165) is 57.1 Å². The molecule has 1 N–H and O–H groups in total. The molecule has 2 aromatic rings. The van der Waals surface area contributed by atoms with Gasteiger partial charge in [-0.1, -0.05) is 24.3 Å². The number of methoxy groups -OCH3 is 1. The molecule has 1 fully saturated rings. The summed E-state index contributed by atoms with van der Waals surface area (Å²) in [5.74, 6) is 2.28. The zero-order valence-corrected chi connectivity index (χ0v) is 16.1. The van der Waals surface area contributed by atoms with E-state index in [0.29, 0.717) is 5.92 Å². The van der Waals surface area contributed by atoms with Crippen LogP contribution >= 0.6 is 12.4 Å². The zero-order valence-electron chi connectivity index (χ0n) is 15.2.